The Kier molecular flexibility index (Phi) is 7.85. The number of rotatable bonds is 9. The van der Waals surface area contributed by atoms with Crippen molar-refractivity contribution >= 4 is 16.8 Å². The van der Waals surface area contributed by atoms with E-state index < -0.39 is 11.1 Å². The zero-order chi connectivity index (χ0) is 15.0. The summed E-state index contributed by atoms with van der Waals surface area (Å²) in [7, 11) is 0. The number of anilines is 1. The van der Waals surface area contributed by atoms with Crippen LogP contribution < -0.4 is 5.73 Å². The largest absolute Gasteiger partial charge is 0.768 e. The molecule has 0 aromatic heterocycles. The average Bonchev–Trinajstić information content (AvgIpc) is 2.42. The second-order valence-corrected chi connectivity index (χ2v) is 6.24. The predicted molar refractivity (Wildman–Crippen MR) is 84.5 cm³/mol. The Morgan fingerprint density at radius 1 is 1.00 bits per heavy atom. The van der Waals surface area contributed by atoms with Crippen molar-refractivity contribution < 1.29 is 8.76 Å². The number of hydrogen-bond donors (Lipinski definition) is 1. The molecule has 0 fully saturated rings. The van der Waals surface area contributed by atoms with Crippen LogP contribution in [0.25, 0.3) is 0 Å². The second kappa shape index (κ2) is 9.14. The lowest BCUT2D eigenvalue weighted by Gasteiger charge is -2.15. The van der Waals surface area contributed by atoms with Gasteiger partial charge < -0.3 is 10.3 Å². The molecule has 0 spiro atoms. The van der Waals surface area contributed by atoms with Gasteiger partial charge >= 0.3 is 0 Å². The molecule has 0 aliphatic rings. The van der Waals surface area contributed by atoms with Gasteiger partial charge in [0.25, 0.3) is 0 Å². The Labute approximate surface area is 125 Å². The molecule has 0 amide bonds. The Morgan fingerprint density at radius 2 is 1.45 bits per heavy atom. The molecule has 0 bridgehead atoms. The summed E-state index contributed by atoms with van der Waals surface area (Å²) in [5.41, 5.74) is 9.00. The van der Waals surface area contributed by atoms with Gasteiger partial charge in [-0.15, -0.1) is 0 Å². The van der Waals surface area contributed by atoms with Gasteiger partial charge in [-0.25, -0.2) is 0 Å². The summed E-state index contributed by atoms with van der Waals surface area (Å²) in [6.45, 7) is 4.31. The highest BCUT2D eigenvalue weighted by molar-refractivity contribution is 7.79. The lowest BCUT2D eigenvalue weighted by atomic mass is 9.98. The van der Waals surface area contributed by atoms with Crippen LogP contribution in [0.1, 0.15) is 63.5 Å². The number of nitrogens with two attached hydrogens (primary N) is 1. The van der Waals surface area contributed by atoms with Crippen molar-refractivity contribution in [3.05, 3.63) is 23.3 Å². The summed E-state index contributed by atoms with van der Waals surface area (Å²) in [4.78, 5) is 0.372. The molecule has 0 aliphatic carbocycles. The standard InChI is InChI=1S/C16H27NO2S/c1-3-5-7-9-13-11-15(20(18)19)12-14(16(13)17)10-8-6-4-2/h11-12H,3-10,17H2,1-2H3,(H,18,19)/p-1. The first-order valence-corrected chi connectivity index (χ1v) is 8.68. The second-order valence-electron chi connectivity index (χ2n) is 5.30. The Bertz CT molecular complexity index is 415. The van der Waals surface area contributed by atoms with Crippen molar-refractivity contribution in [1.29, 1.82) is 0 Å². The van der Waals surface area contributed by atoms with Crippen molar-refractivity contribution in [1.82, 2.24) is 0 Å². The molecular formula is C16H26NO2S-. The van der Waals surface area contributed by atoms with Crippen LogP contribution in [0.3, 0.4) is 0 Å². The Hall–Kier alpha value is -0.870. The lowest BCUT2D eigenvalue weighted by molar-refractivity contribution is 0.536. The number of unbranched alkanes of at least 4 members (excludes halogenated alkanes) is 4. The third-order valence-corrected chi connectivity index (χ3v) is 4.24. The fourth-order valence-corrected chi connectivity index (χ4v) is 2.86. The topological polar surface area (TPSA) is 66.1 Å². The summed E-state index contributed by atoms with van der Waals surface area (Å²) < 4.78 is 22.5. The molecule has 1 aromatic carbocycles. The van der Waals surface area contributed by atoms with E-state index in [0.717, 1.165) is 68.2 Å². The van der Waals surface area contributed by atoms with E-state index in [2.05, 4.69) is 13.8 Å². The molecule has 0 saturated carbocycles. The first-order valence-electron chi connectivity index (χ1n) is 7.60. The molecule has 3 nitrogen and oxygen atoms in total. The Morgan fingerprint density at radius 3 is 1.80 bits per heavy atom. The van der Waals surface area contributed by atoms with Crippen LogP contribution >= 0.6 is 0 Å². The van der Waals surface area contributed by atoms with Gasteiger partial charge in [0.15, 0.2) is 0 Å². The average molecular weight is 296 g/mol. The van der Waals surface area contributed by atoms with Crippen LogP contribution in [0.2, 0.25) is 0 Å². The first-order chi connectivity index (χ1) is 9.60. The van der Waals surface area contributed by atoms with E-state index in [1.165, 1.54) is 0 Å². The molecule has 2 N–H and O–H groups in total. The molecule has 1 rings (SSSR count). The van der Waals surface area contributed by atoms with Crippen LogP contribution in [0, 0.1) is 0 Å². The minimum atomic E-state index is -2.18. The van der Waals surface area contributed by atoms with Crippen LogP contribution in [0.4, 0.5) is 5.69 Å². The van der Waals surface area contributed by atoms with Crippen molar-refractivity contribution in [3.8, 4) is 0 Å². The monoisotopic (exact) mass is 296 g/mol. The fraction of sp³-hybridized carbons (Fsp3) is 0.625. The highest BCUT2D eigenvalue weighted by atomic mass is 32.2. The van der Waals surface area contributed by atoms with Gasteiger partial charge in [-0.1, -0.05) is 39.5 Å². The van der Waals surface area contributed by atoms with Crippen molar-refractivity contribution in [2.75, 3.05) is 5.73 Å². The summed E-state index contributed by atoms with van der Waals surface area (Å²) >= 11 is -2.18. The van der Waals surface area contributed by atoms with Gasteiger partial charge in [-0.3, -0.25) is 4.21 Å². The molecule has 1 atom stereocenters. The summed E-state index contributed by atoms with van der Waals surface area (Å²) in [5.74, 6) is 0. The third kappa shape index (κ3) is 5.25. The van der Waals surface area contributed by atoms with Gasteiger partial charge in [-0.2, -0.15) is 0 Å². The number of aryl methyl sites for hydroxylation is 2. The molecule has 4 heteroatoms. The molecule has 114 valence electrons. The highest BCUT2D eigenvalue weighted by Crippen LogP contribution is 2.25. The SMILES string of the molecule is CCCCCc1cc(S(=O)[O-])cc(CCCCC)c1N. The van der Waals surface area contributed by atoms with E-state index in [1.807, 2.05) is 0 Å². The van der Waals surface area contributed by atoms with E-state index in [9.17, 15) is 8.76 Å². The summed E-state index contributed by atoms with van der Waals surface area (Å²) in [6, 6.07) is 3.47. The van der Waals surface area contributed by atoms with Gasteiger partial charge in [-0.05, 0) is 60.0 Å². The summed E-state index contributed by atoms with van der Waals surface area (Å²) in [6.07, 6.45) is 8.45. The van der Waals surface area contributed by atoms with Crippen LogP contribution in [-0.2, 0) is 23.9 Å². The molecular weight excluding hydrogens is 270 g/mol. The van der Waals surface area contributed by atoms with Crippen molar-refractivity contribution in [2.24, 2.45) is 0 Å². The molecule has 1 aromatic rings. The maximum atomic E-state index is 11.2. The molecule has 0 radical (unpaired) electrons. The number of nitrogen functional groups attached to an aromatic ring is 1. The molecule has 0 heterocycles. The van der Waals surface area contributed by atoms with Gasteiger partial charge in [0.05, 0.1) is 0 Å². The van der Waals surface area contributed by atoms with Gasteiger partial charge in [0.2, 0.25) is 0 Å². The minimum absolute atomic E-state index is 0.372. The number of benzene rings is 1. The zero-order valence-corrected chi connectivity index (χ0v) is 13.4. The maximum absolute atomic E-state index is 11.2. The van der Waals surface area contributed by atoms with E-state index in [4.69, 9.17) is 5.73 Å². The molecule has 0 saturated heterocycles. The zero-order valence-electron chi connectivity index (χ0n) is 12.6. The lowest BCUT2D eigenvalue weighted by Crippen LogP contribution is -2.04. The summed E-state index contributed by atoms with van der Waals surface area (Å²) in [5, 5.41) is 0. The van der Waals surface area contributed by atoms with E-state index in [0.29, 0.717) is 4.90 Å². The Balaban J connectivity index is 2.93. The first kappa shape index (κ1) is 17.2. The quantitative estimate of drug-likeness (QED) is 0.426. The molecule has 0 aliphatic heterocycles. The minimum Gasteiger partial charge on any atom is -0.768 e. The van der Waals surface area contributed by atoms with E-state index in [-0.39, 0.29) is 0 Å². The van der Waals surface area contributed by atoms with Crippen LogP contribution in [0.5, 0.6) is 0 Å². The van der Waals surface area contributed by atoms with E-state index >= 15 is 0 Å². The molecule has 1 unspecified atom stereocenters. The third-order valence-electron chi connectivity index (χ3n) is 3.62. The van der Waals surface area contributed by atoms with Crippen LogP contribution in [-0.4, -0.2) is 8.76 Å². The molecule has 20 heavy (non-hydrogen) atoms. The fourth-order valence-electron chi connectivity index (χ4n) is 2.39. The van der Waals surface area contributed by atoms with Crippen LogP contribution in [0.15, 0.2) is 17.0 Å². The van der Waals surface area contributed by atoms with Gasteiger partial charge in [0.1, 0.15) is 0 Å². The smallest absolute Gasteiger partial charge is 0.0379 e. The van der Waals surface area contributed by atoms with Gasteiger partial charge in [0, 0.05) is 10.6 Å². The highest BCUT2D eigenvalue weighted by Gasteiger charge is 2.09. The predicted octanol–water partition coefficient (Wildman–Crippen LogP) is 3.97. The normalized spacial score (nSPS) is 12.6. The maximum Gasteiger partial charge on any atom is 0.0379 e. The van der Waals surface area contributed by atoms with E-state index in [1.54, 1.807) is 12.1 Å². The van der Waals surface area contributed by atoms with Crippen molar-refractivity contribution in [2.45, 2.75) is 70.1 Å². The van der Waals surface area contributed by atoms with Crippen molar-refractivity contribution in [3.63, 3.8) is 0 Å². The number of hydrogen-bond acceptors (Lipinski definition) is 3.